The van der Waals surface area contributed by atoms with E-state index in [1.54, 1.807) is 61.2 Å². The number of carbonyl (C=O) groups is 1. The van der Waals surface area contributed by atoms with Crippen molar-refractivity contribution in [2.75, 3.05) is 38.5 Å². The Morgan fingerprint density at radius 3 is 2.43 bits per heavy atom. The summed E-state index contributed by atoms with van der Waals surface area (Å²) in [5.74, 6) is 0.336. The van der Waals surface area contributed by atoms with E-state index in [1.165, 1.54) is 18.2 Å². The van der Waals surface area contributed by atoms with Gasteiger partial charge in [-0.3, -0.25) is 14.4 Å². The van der Waals surface area contributed by atoms with Gasteiger partial charge in [-0.2, -0.15) is 23.3 Å². The van der Waals surface area contributed by atoms with Crippen LogP contribution in [-0.2, 0) is 19.8 Å². The third-order valence-electron chi connectivity index (χ3n) is 7.89. The topological polar surface area (TPSA) is 88.4 Å². The van der Waals surface area contributed by atoms with Crippen molar-refractivity contribution in [3.8, 4) is 23.0 Å². The molecule has 5 aromatic rings. The lowest BCUT2D eigenvalue weighted by atomic mass is 10.0. The molecular weight excluding hydrogens is 619 g/mol. The highest BCUT2D eigenvalue weighted by molar-refractivity contribution is 6.30. The van der Waals surface area contributed by atoms with Crippen LogP contribution in [0, 0.1) is 6.92 Å². The number of nitrogens with zero attached hydrogens (tertiary/aromatic N) is 6. The summed E-state index contributed by atoms with van der Waals surface area (Å²) >= 11 is 6.05. The molecule has 0 spiro atoms. The molecule has 0 atom stereocenters. The summed E-state index contributed by atoms with van der Waals surface area (Å²) in [5.41, 5.74) is 1.43. The zero-order valence-corrected chi connectivity index (χ0v) is 26.2. The van der Waals surface area contributed by atoms with Crippen LogP contribution in [0.15, 0.2) is 66.9 Å². The van der Waals surface area contributed by atoms with Crippen LogP contribution in [0.3, 0.4) is 0 Å². The lowest BCUT2D eigenvalue weighted by Crippen LogP contribution is -2.44. The summed E-state index contributed by atoms with van der Waals surface area (Å²) < 4.78 is 50.1. The van der Waals surface area contributed by atoms with Crippen molar-refractivity contribution in [3.63, 3.8) is 0 Å². The van der Waals surface area contributed by atoms with Gasteiger partial charge in [0.05, 0.1) is 5.56 Å². The molecule has 0 radical (unpaired) electrons. The van der Waals surface area contributed by atoms with Crippen LogP contribution in [0.1, 0.15) is 27.0 Å². The average molecular weight is 650 g/mol. The van der Waals surface area contributed by atoms with Crippen LogP contribution in [-0.4, -0.2) is 68.7 Å². The van der Waals surface area contributed by atoms with E-state index in [9.17, 15) is 18.0 Å². The first-order chi connectivity index (χ1) is 21.9. The van der Waals surface area contributed by atoms with Gasteiger partial charge in [-0.05, 0) is 73.6 Å². The lowest BCUT2D eigenvalue weighted by molar-refractivity contribution is -0.138. The van der Waals surface area contributed by atoms with Crippen molar-refractivity contribution >= 4 is 34.2 Å². The summed E-state index contributed by atoms with van der Waals surface area (Å²) in [6, 6.07) is 15.9. The first-order valence-corrected chi connectivity index (χ1v) is 15.0. The van der Waals surface area contributed by atoms with Crippen LogP contribution < -0.4 is 10.1 Å². The Morgan fingerprint density at radius 2 is 1.72 bits per heavy atom. The minimum Gasteiger partial charge on any atom is -0.438 e. The van der Waals surface area contributed by atoms with Gasteiger partial charge in [-0.1, -0.05) is 23.7 Å². The van der Waals surface area contributed by atoms with Crippen molar-refractivity contribution in [1.29, 1.82) is 0 Å². The molecule has 6 rings (SSSR count). The number of aryl methyl sites for hydroxylation is 2. The number of halogens is 4. The first-order valence-electron chi connectivity index (χ1n) is 14.6. The third kappa shape index (κ3) is 6.99. The second-order valence-corrected chi connectivity index (χ2v) is 11.8. The Morgan fingerprint density at radius 1 is 0.978 bits per heavy atom. The highest BCUT2D eigenvalue weighted by Crippen LogP contribution is 2.35. The predicted octanol–water partition coefficient (Wildman–Crippen LogP) is 6.80. The number of alkyl halides is 3. The van der Waals surface area contributed by atoms with Gasteiger partial charge in [0.25, 0.3) is 5.91 Å². The van der Waals surface area contributed by atoms with E-state index < -0.39 is 17.6 Å². The van der Waals surface area contributed by atoms with Crippen molar-refractivity contribution < 1.29 is 22.7 Å². The molecule has 2 aromatic heterocycles. The molecule has 0 aliphatic carbocycles. The van der Waals surface area contributed by atoms with Crippen LogP contribution in [0.4, 0.5) is 18.9 Å². The Balaban J connectivity index is 1.25. The molecule has 3 aromatic carbocycles. The number of aromatic nitrogens is 4. The molecule has 1 saturated heterocycles. The number of amides is 1. The molecule has 1 N–H and O–H groups in total. The second-order valence-electron chi connectivity index (χ2n) is 11.4. The number of hydrogen-bond acceptors (Lipinski definition) is 7. The molecule has 0 saturated carbocycles. The van der Waals surface area contributed by atoms with Gasteiger partial charge in [0.1, 0.15) is 11.1 Å². The summed E-state index contributed by atoms with van der Waals surface area (Å²) in [5, 5.41) is 8.17. The summed E-state index contributed by atoms with van der Waals surface area (Å²) in [7, 11) is 3.75. The Labute approximate surface area is 268 Å². The number of anilines is 1. The van der Waals surface area contributed by atoms with Crippen molar-refractivity contribution in [3.05, 3.63) is 94.1 Å². The summed E-state index contributed by atoms with van der Waals surface area (Å²) in [6.45, 7) is 4.89. The summed E-state index contributed by atoms with van der Waals surface area (Å²) in [6.07, 6.45) is -2.85. The van der Waals surface area contributed by atoms with E-state index in [-0.39, 0.29) is 29.2 Å². The summed E-state index contributed by atoms with van der Waals surface area (Å²) in [4.78, 5) is 26.7. The molecule has 1 fully saturated rings. The highest BCUT2D eigenvalue weighted by Gasteiger charge is 2.34. The van der Waals surface area contributed by atoms with E-state index in [4.69, 9.17) is 16.3 Å². The normalized spacial score (nSPS) is 14.5. The minimum absolute atomic E-state index is 0.0469. The number of carbonyl (C=O) groups excluding carboxylic acids is 1. The quantitative estimate of drug-likeness (QED) is 0.207. The van der Waals surface area contributed by atoms with Gasteiger partial charge in [0.15, 0.2) is 11.5 Å². The molecule has 1 amide bonds. The molecule has 0 bridgehead atoms. The molecule has 238 valence electrons. The van der Waals surface area contributed by atoms with Crippen molar-refractivity contribution in [1.82, 2.24) is 29.5 Å². The third-order valence-corrected chi connectivity index (χ3v) is 8.14. The van der Waals surface area contributed by atoms with Crippen molar-refractivity contribution in [2.24, 2.45) is 7.05 Å². The van der Waals surface area contributed by atoms with Crippen LogP contribution >= 0.6 is 11.6 Å². The van der Waals surface area contributed by atoms with Crippen LogP contribution in [0.25, 0.3) is 22.4 Å². The smallest absolute Gasteiger partial charge is 0.416 e. The first kappa shape index (κ1) is 31.5. The molecule has 1 aliphatic heterocycles. The minimum atomic E-state index is -4.58. The fourth-order valence-corrected chi connectivity index (χ4v) is 5.45. The standard InChI is InChI=1S/C33H31ClF3N7O2/c1-20-4-11-25(46-32-27-19-43(3)41-30(27)39-29(40-32)21-5-8-23(34)9-6-21)17-26(20)31(45)38-24-10-7-22(28(16-24)33(35,36)37)18-44-14-12-42(2)13-15-44/h4-11,16-17,19H,12-15,18H2,1-3H3,(H,38,45). The van der Waals surface area contributed by atoms with Gasteiger partial charge in [0.2, 0.25) is 5.88 Å². The van der Waals surface area contributed by atoms with E-state index in [0.29, 0.717) is 51.8 Å². The van der Waals surface area contributed by atoms with Gasteiger partial charge in [0, 0.05) is 67.8 Å². The predicted molar refractivity (Wildman–Crippen MR) is 170 cm³/mol. The molecule has 3 heterocycles. The monoisotopic (exact) mass is 649 g/mol. The van der Waals surface area contributed by atoms with E-state index in [2.05, 4.69) is 25.3 Å². The van der Waals surface area contributed by atoms with Crippen LogP contribution in [0.5, 0.6) is 11.6 Å². The number of fused-ring (bicyclic) bond motifs is 1. The SMILES string of the molecule is Cc1ccc(Oc2nc(-c3ccc(Cl)cc3)nc3nn(C)cc23)cc1C(=O)Nc1ccc(CN2CCN(C)CC2)c(C(F)(F)F)c1. The fraction of sp³-hybridized carbons (Fsp3) is 0.273. The largest absolute Gasteiger partial charge is 0.438 e. The number of rotatable bonds is 7. The zero-order valence-electron chi connectivity index (χ0n) is 25.4. The van der Waals surface area contributed by atoms with Gasteiger partial charge >= 0.3 is 6.18 Å². The Bertz CT molecular complexity index is 1900. The fourth-order valence-electron chi connectivity index (χ4n) is 5.32. The van der Waals surface area contributed by atoms with E-state index in [0.717, 1.165) is 19.2 Å². The number of hydrogen-bond donors (Lipinski definition) is 1. The highest BCUT2D eigenvalue weighted by atomic mass is 35.5. The Kier molecular flexibility index (Phi) is 8.69. The molecular formula is C33H31ClF3N7O2. The Hall–Kier alpha value is -4.52. The maximum atomic E-state index is 14.1. The number of nitrogens with one attached hydrogen (secondary N) is 1. The van der Waals surface area contributed by atoms with Gasteiger partial charge < -0.3 is 15.0 Å². The average Bonchev–Trinajstić information content (AvgIpc) is 3.40. The van der Waals surface area contributed by atoms with Gasteiger partial charge in [-0.25, -0.2) is 4.98 Å². The van der Waals surface area contributed by atoms with Gasteiger partial charge in [-0.15, -0.1) is 0 Å². The molecule has 0 unspecified atom stereocenters. The molecule has 1 aliphatic rings. The van der Waals surface area contributed by atoms with Crippen molar-refractivity contribution in [2.45, 2.75) is 19.6 Å². The molecule has 9 nitrogen and oxygen atoms in total. The van der Waals surface area contributed by atoms with Crippen LogP contribution in [0.2, 0.25) is 5.02 Å². The molecule has 13 heteroatoms. The zero-order chi connectivity index (χ0) is 32.6. The number of ether oxygens (including phenoxy) is 1. The van der Waals surface area contributed by atoms with E-state index >= 15 is 0 Å². The maximum absolute atomic E-state index is 14.1. The number of piperazine rings is 1. The maximum Gasteiger partial charge on any atom is 0.416 e. The molecule has 46 heavy (non-hydrogen) atoms. The lowest BCUT2D eigenvalue weighted by Gasteiger charge is -2.33. The second kappa shape index (κ2) is 12.7. The number of benzene rings is 3. The number of likely N-dealkylation sites (N-methyl/N-ethyl adjacent to an activating group) is 1. The van der Waals surface area contributed by atoms with E-state index in [1.807, 2.05) is 11.9 Å².